The van der Waals surface area contributed by atoms with E-state index in [1.165, 1.54) is 6.42 Å². The molecule has 3 aliphatic rings. The van der Waals surface area contributed by atoms with Crippen molar-refractivity contribution in [1.82, 2.24) is 9.80 Å². The molecule has 0 saturated carbocycles. The van der Waals surface area contributed by atoms with Crippen LogP contribution in [0.5, 0.6) is 11.5 Å². The van der Waals surface area contributed by atoms with Crippen molar-refractivity contribution in [3.05, 3.63) is 23.3 Å². The van der Waals surface area contributed by atoms with Gasteiger partial charge in [0, 0.05) is 37.8 Å². The average molecular weight is 374 g/mol. The Morgan fingerprint density at radius 2 is 1.78 bits per heavy atom. The van der Waals surface area contributed by atoms with Crippen LogP contribution in [0.25, 0.3) is 0 Å². The van der Waals surface area contributed by atoms with Gasteiger partial charge in [0.25, 0.3) is 5.91 Å². The summed E-state index contributed by atoms with van der Waals surface area (Å²) in [6, 6.07) is 4.13. The minimum Gasteiger partial charge on any atom is -0.486 e. The number of hydrogen-bond donors (Lipinski definition) is 0. The molecule has 6 heteroatoms. The van der Waals surface area contributed by atoms with Gasteiger partial charge in [0.1, 0.15) is 13.2 Å². The third kappa shape index (κ3) is 4.22. The van der Waals surface area contributed by atoms with Gasteiger partial charge in [-0.3, -0.25) is 9.69 Å². The molecule has 0 N–H and O–H groups in total. The molecule has 0 bridgehead atoms. The highest BCUT2D eigenvalue weighted by atomic mass is 16.6. The van der Waals surface area contributed by atoms with Gasteiger partial charge < -0.3 is 19.1 Å². The third-order valence-electron chi connectivity index (χ3n) is 5.89. The predicted molar refractivity (Wildman–Crippen MR) is 103 cm³/mol. The fourth-order valence-electron chi connectivity index (χ4n) is 4.30. The molecule has 0 radical (unpaired) electrons. The summed E-state index contributed by atoms with van der Waals surface area (Å²) < 4.78 is 16.8. The van der Waals surface area contributed by atoms with E-state index in [0.29, 0.717) is 25.0 Å². The van der Waals surface area contributed by atoms with Crippen molar-refractivity contribution in [2.24, 2.45) is 0 Å². The molecule has 1 aromatic rings. The Labute approximate surface area is 161 Å². The van der Waals surface area contributed by atoms with Crippen LogP contribution in [0.3, 0.4) is 0 Å². The largest absolute Gasteiger partial charge is 0.486 e. The Morgan fingerprint density at radius 1 is 1.04 bits per heavy atom. The number of aryl methyl sites for hydroxylation is 1. The zero-order valence-corrected chi connectivity index (χ0v) is 16.2. The van der Waals surface area contributed by atoms with Gasteiger partial charge in [-0.1, -0.05) is 0 Å². The van der Waals surface area contributed by atoms with Gasteiger partial charge in [-0.05, 0) is 50.3 Å². The maximum atomic E-state index is 13.4. The second-order valence-electron chi connectivity index (χ2n) is 7.70. The number of amides is 1. The predicted octanol–water partition coefficient (Wildman–Crippen LogP) is 2.48. The second kappa shape index (κ2) is 8.48. The molecule has 1 unspecified atom stereocenters. The SMILES string of the molecule is Cc1cc2c(cc1C(=O)N1CCCCC1CCN1CCOCC1)OCCO2. The van der Waals surface area contributed by atoms with Gasteiger partial charge in [-0.25, -0.2) is 0 Å². The lowest BCUT2D eigenvalue weighted by Gasteiger charge is -2.38. The smallest absolute Gasteiger partial charge is 0.254 e. The summed E-state index contributed by atoms with van der Waals surface area (Å²) in [5.41, 5.74) is 1.71. The van der Waals surface area contributed by atoms with Crippen molar-refractivity contribution in [3.8, 4) is 11.5 Å². The van der Waals surface area contributed by atoms with Crippen LogP contribution in [0.1, 0.15) is 41.6 Å². The molecule has 0 aromatic heterocycles. The molecule has 0 aliphatic carbocycles. The zero-order valence-electron chi connectivity index (χ0n) is 16.2. The maximum absolute atomic E-state index is 13.4. The van der Waals surface area contributed by atoms with Crippen molar-refractivity contribution in [1.29, 1.82) is 0 Å². The monoisotopic (exact) mass is 374 g/mol. The molecule has 1 amide bonds. The maximum Gasteiger partial charge on any atom is 0.254 e. The summed E-state index contributed by atoms with van der Waals surface area (Å²) in [6.07, 6.45) is 4.43. The van der Waals surface area contributed by atoms with Crippen LogP contribution in [0.2, 0.25) is 0 Å². The molecule has 6 nitrogen and oxygen atoms in total. The van der Waals surface area contributed by atoms with Gasteiger partial charge in [0.2, 0.25) is 0 Å². The first-order valence-corrected chi connectivity index (χ1v) is 10.2. The molecule has 3 heterocycles. The lowest BCUT2D eigenvalue weighted by atomic mass is 9.96. The van der Waals surface area contributed by atoms with Crippen LogP contribution in [0, 0.1) is 6.92 Å². The van der Waals surface area contributed by atoms with Crippen molar-refractivity contribution in [3.63, 3.8) is 0 Å². The van der Waals surface area contributed by atoms with E-state index in [1.807, 2.05) is 19.1 Å². The molecular weight excluding hydrogens is 344 g/mol. The summed E-state index contributed by atoms with van der Waals surface area (Å²) in [5.74, 6) is 1.58. The van der Waals surface area contributed by atoms with E-state index in [0.717, 1.165) is 75.5 Å². The summed E-state index contributed by atoms with van der Waals surface area (Å²) in [7, 11) is 0. The molecule has 1 atom stereocenters. The number of nitrogens with zero attached hydrogens (tertiary/aromatic N) is 2. The van der Waals surface area contributed by atoms with E-state index in [-0.39, 0.29) is 5.91 Å². The van der Waals surface area contributed by atoms with E-state index < -0.39 is 0 Å². The van der Waals surface area contributed by atoms with E-state index in [9.17, 15) is 4.79 Å². The lowest BCUT2D eigenvalue weighted by Crippen LogP contribution is -2.46. The van der Waals surface area contributed by atoms with Crippen LogP contribution >= 0.6 is 0 Å². The molecule has 148 valence electrons. The Balaban J connectivity index is 1.47. The van der Waals surface area contributed by atoms with Crippen LogP contribution in [-0.2, 0) is 4.74 Å². The highest BCUT2D eigenvalue weighted by Crippen LogP contribution is 2.34. The molecule has 4 rings (SSSR count). The lowest BCUT2D eigenvalue weighted by molar-refractivity contribution is 0.0295. The fraction of sp³-hybridized carbons (Fsp3) is 0.667. The first kappa shape index (κ1) is 18.6. The first-order valence-electron chi connectivity index (χ1n) is 10.2. The van der Waals surface area contributed by atoms with Crippen molar-refractivity contribution < 1.29 is 19.0 Å². The minimum absolute atomic E-state index is 0.135. The van der Waals surface area contributed by atoms with Crippen molar-refractivity contribution in [2.45, 2.75) is 38.6 Å². The summed E-state index contributed by atoms with van der Waals surface area (Å²) in [5, 5.41) is 0. The van der Waals surface area contributed by atoms with Gasteiger partial charge in [0.15, 0.2) is 11.5 Å². The number of fused-ring (bicyclic) bond motifs is 1. The molecular formula is C21H30N2O4. The number of piperidine rings is 1. The van der Waals surface area contributed by atoms with E-state index in [4.69, 9.17) is 14.2 Å². The van der Waals surface area contributed by atoms with E-state index >= 15 is 0 Å². The normalized spacial score (nSPS) is 23.3. The Morgan fingerprint density at radius 3 is 2.56 bits per heavy atom. The van der Waals surface area contributed by atoms with Crippen molar-refractivity contribution >= 4 is 5.91 Å². The standard InChI is InChI=1S/C21H30N2O4/c1-16-14-19-20(27-13-12-26-19)15-18(16)21(24)23-6-3-2-4-17(23)5-7-22-8-10-25-11-9-22/h14-15,17H,2-13H2,1H3. The number of rotatable bonds is 4. The number of benzene rings is 1. The Bertz CT molecular complexity index is 672. The molecule has 2 fully saturated rings. The molecule has 27 heavy (non-hydrogen) atoms. The first-order chi connectivity index (χ1) is 13.2. The molecule has 1 aromatic carbocycles. The number of morpholine rings is 1. The number of hydrogen-bond acceptors (Lipinski definition) is 5. The van der Waals surface area contributed by atoms with Crippen LogP contribution in [0.15, 0.2) is 12.1 Å². The van der Waals surface area contributed by atoms with Crippen molar-refractivity contribution in [2.75, 3.05) is 52.6 Å². The molecule has 0 spiro atoms. The zero-order chi connectivity index (χ0) is 18.6. The second-order valence-corrected chi connectivity index (χ2v) is 7.70. The number of carbonyl (C=O) groups is 1. The molecule has 2 saturated heterocycles. The van der Waals surface area contributed by atoms with Gasteiger partial charge >= 0.3 is 0 Å². The van der Waals surface area contributed by atoms with Gasteiger partial charge in [0.05, 0.1) is 13.2 Å². The van der Waals surface area contributed by atoms with Gasteiger partial charge in [-0.2, -0.15) is 0 Å². The number of ether oxygens (including phenoxy) is 3. The third-order valence-corrected chi connectivity index (χ3v) is 5.89. The summed E-state index contributed by atoms with van der Waals surface area (Å²) in [4.78, 5) is 17.9. The van der Waals surface area contributed by atoms with E-state index in [2.05, 4.69) is 9.80 Å². The van der Waals surface area contributed by atoms with Gasteiger partial charge in [-0.15, -0.1) is 0 Å². The quantitative estimate of drug-likeness (QED) is 0.810. The average Bonchev–Trinajstić information content (AvgIpc) is 2.72. The van der Waals surface area contributed by atoms with E-state index in [1.54, 1.807) is 0 Å². The Hall–Kier alpha value is -1.79. The summed E-state index contributed by atoms with van der Waals surface area (Å²) >= 11 is 0. The highest BCUT2D eigenvalue weighted by Gasteiger charge is 2.29. The fourth-order valence-corrected chi connectivity index (χ4v) is 4.30. The topological polar surface area (TPSA) is 51.2 Å². The Kier molecular flexibility index (Phi) is 5.83. The number of likely N-dealkylation sites (tertiary alicyclic amines) is 1. The molecule has 3 aliphatic heterocycles. The summed E-state index contributed by atoms with van der Waals surface area (Å²) in [6.45, 7) is 8.62. The van der Waals surface area contributed by atoms with Crippen LogP contribution in [-0.4, -0.2) is 74.4 Å². The minimum atomic E-state index is 0.135. The van der Waals surface area contributed by atoms with Crippen LogP contribution in [0.4, 0.5) is 0 Å². The highest BCUT2D eigenvalue weighted by molar-refractivity contribution is 5.96. The van der Waals surface area contributed by atoms with Crippen LogP contribution < -0.4 is 9.47 Å². The number of carbonyl (C=O) groups excluding carboxylic acids is 1.